The third-order valence-electron chi connectivity index (χ3n) is 4.47. The Bertz CT molecular complexity index is 662. The number of ether oxygens (including phenoxy) is 1. The highest BCUT2D eigenvalue weighted by molar-refractivity contribution is 5.41. The molecule has 1 nitrogen and oxygen atoms in total. The lowest BCUT2D eigenvalue weighted by molar-refractivity contribution is 0.131. The highest BCUT2D eigenvalue weighted by Crippen LogP contribution is 2.34. The van der Waals surface area contributed by atoms with Crippen molar-refractivity contribution < 1.29 is 4.74 Å². The summed E-state index contributed by atoms with van der Waals surface area (Å²) in [5.41, 5.74) is 3.99. The number of hydrogen-bond donors (Lipinski definition) is 0. The first-order valence-corrected chi connectivity index (χ1v) is 8.80. The van der Waals surface area contributed by atoms with Crippen LogP contribution in [0.15, 0.2) is 48.5 Å². The van der Waals surface area contributed by atoms with E-state index in [2.05, 4.69) is 104 Å². The van der Waals surface area contributed by atoms with Crippen molar-refractivity contribution in [2.24, 2.45) is 0 Å². The molecule has 0 aliphatic carbocycles. The molecule has 24 heavy (non-hydrogen) atoms. The van der Waals surface area contributed by atoms with Gasteiger partial charge in [0, 0.05) is 5.41 Å². The zero-order valence-electron chi connectivity index (χ0n) is 16.5. The molecule has 0 saturated carbocycles. The Labute approximate surface area is 148 Å². The van der Waals surface area contributed by atoms with Gasteiger partial charge in [-0.25, -0.2) is 0 Å². The van der Waals surface area contributed by atoms with Gasteiger partial charge in [-0.1, -0.05) is 71.0 Å². The van der Waals surface area contributed by atoms with Gasteiger partial charge in [-0.2, -0.15) is 0 Å². The average molecular weight is 325 g/mol. The lowest BCUT2D eigenvalue weighted by atomic mass is 9.77. The van der Waals surface area contributed by atoms with Crippen molar-refractivity contribution in [1.82, 2.24) is 0 Å². The van der Waals surface area contributed by atoms with E-state index in [4.69, 9.17) is 4.74 Å². The normalized spacial score (nSPS) is 13.0. The SMILES string of the molecule is CC(C)(C)Oc1ccc(C(C)(C)c2ccc(C(C)(C)C)cc2)cc1. The van der Waals surface area contributed by atoms with Crippen LogP contribution in [0.25, 0.3) is 0 Å². The van der Waals surface area contributed by atoms with Crippen LogP contribution in [-0.2, 0) is 10.8 Å². The van der Waals surface area contributed by atoms with Crippen molar-refractivity contribution in [3.63, 3.8) is 0 Å². The van der Waals surface area contributed by atoms with E-state index in [1.165, 1.54) is 16.7 Å². The maximum atomic E-state index is 5.93. The summed E-state index contributed by atoms with van der Waals surface area (Å²) < 4.78 is 5.93. The Morgan fingerprint density at radius 1 is 0.542 bits per heavy atom. The highest BCUT2D eigenvalue weighted by Gasteiger charge is 2.24. The van der Waals surface area contributed by atoms with E-state index in [9.17, 15) is 0 Å². The Balaban J connectivity index is 2.26. The molecular weight excluding hydrogens is 292 g/mol. The zero-order chi connectivity index (χ0) is 18.2. The summed E-state index contributed by atoms with van der Waals surface area (Å²) in [7, 11) is 0. The molecule has 0 aliphatic heterocycles. The topological polar surface area (TPSA) is 9.23 Å². The maximum absolute atomic E-state index is 5.93. The van der Waals surface area contributed by atoms with Crippen molar-refractivity contribution >= 4 is 0 Å². The first-order chi connectivity index (χ1) is 10.9. The summed E-state index contributed by atoms with van der Waals surface area (Å²) in [6.45, 7) is 17.5. The lowest BCUT2D eigenvalue weighted by Gasteiger charge is -2.28. The molecule has 130 valence electrons. The van der Waals surface area contributed by atoms with Gasteiger partial charge in [-0.05, 0) is 55.0 Å². The molecule has 0 aliphatic rings. The largest absolute Gasteiger partial charge is 0.488 e. The van der Waals surface area contributed by atoms with E-state index in [0.29, 0.717) is 0 Å². The van der Waals surface area contributed by atoms with Crippen molar-refractivity contribution in [3.8, 4) is 5.75 Å². The second-order valence-electron chi connectivity index (χ2n) is 9.19. The Kier molecular flexibility index (Phi) is 4.86. The number of rotatable bonds is 3. The molecule has 0 amide bonds. The van der Waals surface area contributed by atoms with E-state index in [0.717, 1.165) is 5.75 Å². The molecule has 0 spiro atoms. The molecule has 0 radical (unpaired) electrons. The highest BCUT2D eigenvalue weighted by atomic mass is 16.5. The fraction of sp³-hybridized carbons (Fsp3) is 0.478. The Hall–Kier alpha value is -1.76. The molecule has 2 rings (SSSR count). The van der Waals surface area contributed by atoms with Crippen LogP contribution in [0.5, 0.6) is 5.75 Å². The molecule has 0 atom stereocenters. The number of hydrogen-bond acceptors (Lipinski definition) is 1. The molecule has 0 aromatic heterocycles. The van der Waals surface area contributed by atoms with Gasteiger partial charge in [-0.15, -0.1) is 0 Å². The van der Waals surface area contributed by atoms with E-state index in [-0.39, 0.29) is 16.4 Å². The average Bonchev–Trinajstić information content (AvgIpc) is 2.45. The Morgan fingerprint density at radius 3 is 1.29 bits per heavy atom. The van der Waals surface area contributed by atoms with Gasteiger partial charge >= 0.3 is 0 Å². The van der Waals surface area contributed by atoms with Crippen LogP contribution >= 0.6 is 0 Å². The van der Waals surface area contributed by atoms with Gasteiger partial charge in [0.2, 0.25) is 0 Å². The predicted octanol–water partition coefficient (Wildman–Crippen LogP) is 6.49. The van der Waals surface area contributed by atoms with Crippen molar-refractivity contribution in [1.29, 1.82) is 0 Å². The minimum Gasteiger partial charge on any atom is -0.488 e. The first-order valence-electron chi connectivity index (χ1n) is 8.80. The standard InChI is InChI=1S/C23H32O/c1-21(2,3)17-9-11-18(12-10-17)23(7,8)19-13-15-20(16-14-19)24-22(4,5)6/h9-16H,1-8H3. The zero-order valence-corrected chi connectivity index (χ0v) is 16.5. The minimum atomic E-state index is -0.167. The molecule has 0 bridgehead atoms. The van der Waals surface area contributed by atoms with Crippen LogP contribution in [0.2, 0.25) is 0 Å². The molecule has 0 heterocycles. The second kappa shape index (κ2) is 6.27. The quantitative estimate of drug-likeness (QED) is 0.627. The molecule has 0 unspecified atom stereocenters. The van der Waals surface area contributed by atoms with E-state index in [1.807, 2.05) is 0 Å². The molecule has 0 saturated heterocycles. The van der Waals surface area contributed by atoms with Crippen LogP contribution in [0.3, 0.4) is 0 Å². The fourth-order valence-electron chi connectivity index (χ4n) is 2.85. The lowest BCUT2D eigenvalue weighted by Crippen LogP contribution is -2.23. The van der Waals surface area contributed by atoms with Crippen LogP contribution in [0.4, 0.5) is 0 Å². The third kappa shape index (κ3) is 4.41. The van der Waals surface area contributed by atoms with Gasteiger partial charge in [0.25, 0.3) is 0 Å². The second-order valence-corrected chi connectivity index (χ2v) is 9.19. The van der Waals surface area contributed by atoms with Crippen molar-refractivity contribution in [2.75, 3.05) is 0 Å². The monoisotopic (exact) mass is 324 g/mol. The van der Waals surface area contributed by atoms with Crippen LogP contribution in [-0.4, -0.2) is 5.60 Å². The smallest absolute Gasteiger partial charge is 0.120 e. The summed E-state index contributed by atoms with van der Waals surface area (Å²) in [4.78, 5) is 0. The fourth-order valence-corrected chi connectivity index (χ4v) is 2.85. The van der Waals surface area contributed by atoms with Crippen molar-refractivity contribution in [2.45, 2.75) is 71.8 Å². The summed E-state index contributed by atoms with van der Waals surface area (Å²) in [5.74, 6) is 0.921. The van der Waals surface area contributed by atoms with E-state index >= 15 is 0 Å². The summed E-state index contributed by atoms with van der Waals surface area (Å²) >= 11 is 0. The maximum Gasteiger partial charge on any atom is 0.120 e. The summed E-state index contributed by atoms with van der Waals surface area (Å²) in [6, 6.07) is 17.6. The summed E-state index contributed by atoms with van der Waals surface area (Å²) in [5, 5.41) is 0. The van der Waals surface area contributed by atoms with Crippen LogP contribution < -0.4 is 4.74 Å². The third-order valence-corrected chi connectivity index (χ3v) is 4.47. The van der Waals surface area contributed by atoms with Gasteiger partial charge in [0.15, 0.2) is 0 Å². The van der Waals surface area contributed by atoms with E-state index in [1.54, 1.807) is 0 Å². The molecule has 0 fully saturated rings. The first kappa shape index (κ1) is 18.6. The van der Waals surface area contributed by atoms with Gasteiger partial charge in [-0.3, -0.25) is 0 Å². The number of benzene rings is 2. The molecule has 2 aromatic carbocycles. The molecule has 2 aromatic rings. The summed E-state index contributed by atoms with van der Waals surface area (Å²) in [6.07, 6.45) is 0. The predicted molar refractivity (Wildman–Crippen MR) is 104 cm³/mol. The van der Waals surface area contributed by atoms with E-state index < -0.39 is 0 Å². The van der Waals surface area contributed by atoms with Crippen LogP contribution in [0.1, 0.15) is 72.1 Å². The molecular formula is C23H32O. The Morgan fingerprint density at radius 2 is 0.917 bits per heavy atom. The van der Waals surface area contributed by atoms with Gasteiger partial charge in [0.05, 0.1) is 0 Å². The van der Waals surface area contributed by atoms with Gasteiger partial charge in [0.1, 0.15) is 11.4 Å². The molecule has 1 heteroatoms. The van der Waals surface area contributed by atoms with Crippen LogP contribution in [0, 0.1) is 0 Å². The molecule has 0 N–H and O–H groups in total. The van der Waals surface area contributed by atoms with Gasteiger partial charge < -0.3 is 4.74 Å². The van der Waals surface area contributed by atoms with Crippen molar-refractivity contribution in [3.05, 3.63) is 65.2 Å². The minimum absolute atomic E-state index is 0.0311.